The molecule has 3 aliphatic rings. The normalized spacial score (nSPS) is 14.8. The predicted molar refractivity (Wildman–Crippen MR) is 156 cm³/mol. The summed E-state index contributed by atoms with van der Waals surface area (Å²) in [4.78, 5) is 6.62. The Balaban J connectivity index is 0.000000152. The Hall–Kier alpha value is -3.85. The summed E-state index contributed by atoms with van der Waals surface area (Å²) in [5, 5.41) is 0. The minimum atomic E-state index is 0. The number of anilines is 3. The van der Waals surface area contributed by atoms with Crippen molar-refractivity contribution in [1.82, 2.24) is 0 Å². The molecule has 3 aromatic rings. The average molecular weight is 664 g/mol. The van der Waals surface area contributed by atoms with Crippen molar-refractivity contribution in [2.75, 3.05) is 34.3 Å². The van der Waals surface area contributed by atoms with E-state index in [1.807, 2.05) is 18.2 Å². The van der Waals surface area contributed by atoms with E-state index in [9.17, 15) is 0 Å². The molecular formula is C33H33IrN3. The van der Waals surface area contributed by atoms with Gasteiger partial charge in [0.2, 0.25) is 0 Å². The summed E-state index contributed by atoms with van der Waals surface area (Å²) in [6.07, 6.45) is 25.1. The van der Waals surface area contributed by atoms with E-state index in [4.69, 9.17) is 0 Å². The second kappa shape index (κ2) is 16.0. The summed E-state index contributed by atoms with van der Waals surface area (Å²) >= 11 is 0. The number of benzene rings is 3. The molecule has 189 valence electrons. The van der Waals surface area contributed by atoms with Gasteiger partial charge in [-0.15, -0.1) is 0 Å². The average Bonchev–Trinajstić information content (AvgIpc) is 3.01. The molecule has 6 rings (SSSR count). The molecule has 1 radical (unpaired) electrons. The van der Waals surface area contributed by atoms with Crippen LogP contribution in [0.4, 0.5) is 17.1 Å². The Morgan fingerprint density at radius 1 is 0.351 bits per heavy atom. The van der Waals surface area contributed by atoms with Crippen LogP contribution < -0.4 is 14.7 Å². The molecule has 0 aromatic heterocycles. The zero-order chi connectivity index (χ0) is 24.7. The summed E-state index contributed by atoms with van der Waals surface area (Å²) in [7, 11) is 0. The molecule has 0 N–H and O–H groups in total. The molecule has 0 spiro atoms. The van der Waals surface area contributed by atoms with E-state index in [1.54, 1.807) is 0 Å². The Morgan fingerprint density at radius 2 is 0.622 bits per heavy atom. The first-order valence-electron chi connectivity index (χ1n) is 12.4. The van der Waals surface area contributed by atoms with Crippen molar-refractivity contribution in [3.8, 4) is 0 Å². The molecular weight excluding hydrogens is 631 g/mol. The molecule has 0 saturated carbocycles. The van der Waals surface area contributed by atoms with Gasteiger partial charge in [0, 0.05) is 75.4 Å². The van der Waals surface area contributed by atoms with Crippen LogP contribution in [0.1, 0.15) is 0 Å². The third-order valence-corrected chi connectivity index (χ3v) is 5.71. The predicted octanol–water partition coefficient (Wildman–Crippen LogP) is 7.73. The zero-order valence-electron chi connectivity index (χ0n) is 20.9. The van der Waals surface area contributed by atoms with Gasteiger partial charge in [-0.25, -0.2) is 0 Å². The summed E-state index contributed by atoms with van der Waals surface area (Å²) in [6.45, 7) is 2.92. The van der Waals surface area contributed by atoms with Crippen LogP contribution in [0.25, 0.3) is 0 Å². The van der Waals surface area contributed by atoms with E-state index < -0.39 is 0 Å². The van der Waals surface area contributed by atoms with Gasteiger partial charge < -0.3 is 14.7 Å². The van der Waals surface area contributed by atoms with Crippen molar-refractivity contribution in [3.63, 3.8) is 0 Å². The van der Waals surface area contributed by atoms with Crippen molar-refractivity contribution >= 4 is 17.1 Å². The standard InChI is InChI=1S/3C11H11N.Ir/c3*1-3-7-11(8-4-1)12-9-5-2-6-10-12;/h3*1-9H,10H2;. The van der Waals surface area contributed by atoms with Gasteiger partial charge in [-0.1, -0.05) is 91.1 Å². The molecule has 0 amide bonds. The van der Waals surface area contributed by atoms with Crippen LogP contribution in [-0.2, 0) is 20.1 Å². The SMILES string of the molecule is C1=CCN(c2ccccc2)C=C1.C1=CCN(c2ccccc2)C=C1.C1=CCN(c2ccccc2)C=C1.[Ir]. The number of hydrogen-bond acceptors (Lipinski definition) is 3. The van der Waals surface area contributed by atoms with E-state index in [0.717, 1.165) is 19.6 Å². The molecule has 0 aliphatic carbocycles. The minimum absolute atomic E-state index is 0. The molecule has 3 aromatic carbocycles. The molecule has 37 heavy (non-hydrogen) atoms. The van der Waals surface area contributed by atoms with Crippen molar-refractivity contribution in [2.24, 2.45) is 0 Å². The zero-order valence-corrected chi connectivity index (χ0v) is 23.3. The van der Waals surface area contributed by atoms with Gasteiger partial charge >= 0.3 is 0 Å². The summed E-state index contributed by atoms with van der Waals surface area (Å²) < 4.78 is 0. The molecule has 3 heterocycles. The van der Waals surface area contributed by atoms with Crippen LogP contribution in [-0.4, -0.2) is 19.6 Å². The minimum Gasteiger partial charge on any atom is -0.344 e. The van der Waals surface area contributed by atoms with E-state index in [0.29, 0.717) is 0 Å². The molecule has 0 atom stereocenters. The number of allylic oxidation sites excluding steroid dienone is 6. The maximum Gasteiger partial charge on any atom is 0.0409 e. The van der Waals surface area contributed by atoms with Crippen LogP contribution in [0, 0.1) is 0 Å². The van der Waals surface area contributed by atoms with E-state index in [-0.39, 0.29) is 20.1 Å². The molecule has 0 fully saturated rings. The Labute approximate surface area is 235 Å². The van der Waals surface area contributed by atoms with Gasteiger partial charge in [-0.3, -0.25) is 0 Å². The second-order valence-electron chi connectivity index (χ2n) is 8.27. The topological polar surface area (TPSA) is 9.72 Å². The maximum absolute atomic E-state index is 2.21. The maximum atomic E-state index is 2.21. The van der Waals surface area contributed by atoms with Crippen LogP contribution in [0.15, 0.2) is 164 Å². The van der Waals surface area contributed by atoms with Gasteiger partial charge in [0.25, 0.3) is 0 Å². The number of nitrogens with zero attached hydrogens (tertiary/aromatic N) is 3. The summed E-state index contributed by atoms with van der Waals surface area (Å²) in [5.41, 5.74) is 3.74. The third-order valence-electron chi connectivity index (χ3n) is 5.71. The van der Waals surface area contributed by atoms with Gasteiger partial charge in [-0.2, -0.15) is 0 Å². The Morgan fingerprint density at radius 3 is 0.838 bits per heavy atom. The molecule has 3 nitrogen and oxygen atoms in total. The van der Waals surface area contributed by atoms with Crippen molar-refractivity contribution in [1.29, 1.82) is 0 Å². The fraction of sp³-hybridized carbons (Fsp3) is 0.0909. The third kappa shape index (κ3) is 9.27. The number of rotatable bonds is 3. The molecule has 3 aliphatic heterocycles. The Bertz CT molecular complexity index is 1060. The smallest absolute Gasteiger partial charge is 0.0409 e. The van der Waals surface area contributed by atoms with Crippen LogP contribution in [0.2, 0.25) is 0 Å². The van der Waals surface area contributed by atoms with Crippen LogP contribution >= 0.6 is 0 Å². The fourth-order valence-electron chi connectivity index (χ4n) is 3.84. The van der Waals surface area contributed by atoms with Crippen LogP contribution in [0.3, 0.4) is 0 Å². The molecule has 4 heteroatoms. The first-order valence-corrected chi connectivity index (χ1v) is 12.4. The van der Waals surface area contributed by atoms with Crippen molar-refractivity contribution in [3.05, 3.63) is 164 Å². The number of hydrogen-bond donors (Lipinski definition) is 0. The first kappa shape index (κ1) is 27.7. The first-order chi connectivity index (χ1) is 17.9. The van der Waals surface area contributed by atoms with Gasteiger partial charge in [0.1, 0.15) is 0 Å². The van der Waals surface area contributed by atoms with E-state index in [1.165, 1.54) is 17.1 Å². The summed E-state index contributed by atoms with van der Waals surface area (Å²) in [5.74, 6) is 0. The molecule has 0 saturated heterocycles. The van der Waals surface area contributed by atoms with Gasteiger partial charge in [0.15, 0.2) is 0 Å². The van der Waals surface area contributed by atoms with Crippen LogP contribution in [0.5, 0.6) is 0 Å². The molecule has 0 bridgehead atoms. The quantitative estimate of drug-likeness (QED) is 0.284. The number of para-hydroxylation sites is 3. The van der Waals surface area contributed by atoms with Gasteiger partial charge in [-0.05, 0) is 54.6 Å². The monoisotopic (exact) mass is 664 g/mol. The second-order valence-corrected chi connectivity index (χ2v) is 8.27. The summed E-state index contributed by atoms with van der Waals surface area (Å²) in [6, 6.07) is 31.1. The fourth-order valence-corrected chi connectivity index (χ4v) is 3.84. The molecule has 0 unspecified atom stereocenters. The van der Waals surface area contributed by atoms with Gasteiger partial charge in [0.05, 0.1) is 0 Å². The van der Waals surface area contributed by atoms with E-state index in [2.05, 4.69) is 161 Å². The van der Waals surface area contributed by atoms with Crippen molar-refractivity contribution < 1.29 is 20.1 Å². The Kier molecular flexibility index (Phi) is 12.0. The van der Waals surface area contributed by atoms with Crippen molar-refractivity contribution in [2.45, 2.75) is 0 Å². The largest absolute Gasteiger partial charge is 0.344 e. The van der Waals surface area contributed by atoms with E-state index >= 15 is 0 Å².